The van der Waals surface area contributed by atoms with Crippen LogP contribution in [0.15, 0.2) is 71.7 Å². The zero-order valence-corrected chi connectivity index (χ0v) is 14.0. The van der Waals surface area contributed by atoms with Gasteiger partial charge in [-0.15, -0.1) is 0 Å². The number of carbonyl (C=O) groups excluding carboxylic acids is 1. The summed E-state index contributed by atoms with van der Waals surface area (Å²) in [6.07, 6.45) is 5.84. The largest absolute Gasteiger partial charge is 0.333 e. The van der Waals surface area contributed by atoms with E-state index in [-0.39, 0.29) is 5.91 Å². The molecule has 0 radical (unpaired) electrons. The first-order valence-corrected chi connectivity index (χ1v) is 8.07. The van der Waals surface area contributed by atoms with Crippen LogP contribution in [-0.4, -0.2) is 15.5 Å². The van der Waals surface area contributed by atoms with Gasteiger partial charge in [-0.2, -0.15) is 0 Å². The van der Waals surface area contributed by atoms with Gasteiger partial charge in [-0.25, -0.2) is 4.98 Å². The number of nitrogens with zero attached hydrogens (tertiary/aromatic N) is 2. The molecule has 1 N–H and O–H groups in total. The minimum atomic E-state index is -0.0188. The minimum absolute atomic E-state index is 0.0188. The smallest absolute Gasteiger partial charge is 0.228 e. The molecule has 0 aliphatic heterocycles. The van der Waals surface area contributed by atoms with Crippen LogP contribution in [0.2, 0.25) is 0 Å². The minimum Gasteiger partial charge on any atom is -0.333 e. The summed E-state index contributed by atoms with van der Waals surface area (Å²) in [6, 6.07) is 15.6. The first kappa shape index (κ1) is 15.5. The Labute approximate surface area is 143 Å². The van der Waals surface area contributed by atoms with Crippen molar-refractivity contribution < 1.29 is 4.79 Å². The maximum atomic E-state index is 12.1. The Morgan fingerprint density at radius 1 is 1.04 bits per heavy atom. The average molecular weight is 370 g/mol. The van der Waals surface area contributed by atoms with E-state index < -0.39 is 0 Å². The predicted octanol–water partition coefficient (Wildman–Crippen LogP) is 3.88. The molecule has 0 aliphatic rings. The molecule has 3 rings (SSSR count). The van der Waals surface area contributed by atoms with E-state index in [1.54, 1.807) is 12.5 Å². The topological polar surface area (TPSA) is 46.9 Å². The molecule has 0 aliphatic carbocycles. The lowest BCUT2D eigenvalue weighted by Crippen LogP contribution is -2.14. The molecule has 0 unspecified atom stereocenters. The Kier molecular flexibility index (Phi) is 4.88. The molecule has 3 aromatic rings. The molecule has 0 saturated heterocycles. The third kappa shape index (κ3) is 4.53. The zero-order valence-electron chi connectivity index (χ0n) is 12.4. The maximum absolute atomic E-state index is 12.1. The number of nitrogens with one attached hydrogen (secondary N) is 1. The Morgan fingerprint density at radius 3 is 2.39 bits per heavy atom. The van der Waals surface area contributed by atoms with Crippen LogP contribution >= 0.6 is 15.9 Å². The molecule has 0 bridgehead atoms. The van der Waals surface area contributed by atoms with E-state index in [4.69, 9.17) is 0 Å². The summed E-state index contributed by atoms with van der Waals surface area (Å²) in [5.74, 6) is -0.0188. The van der Waals surface area contributed by atoms with Gasteiger partial charge in [0.05, 0.1) is 12.7 Å². The summed E-state index contributed by atoms with van der Waals surface area (Å²) < 4.78 is 3.01. The highest BCUT2D eigenvalue weighted by Gasteiger charge is 2.04. The van der Waals surface area contributed by atoms with Crippen molar-refractivity contribution in [1.82, 2.24) is 9.55 Å². The molecule has 5 heteroatoms. The molecule has 0 fully saturated rings. The summed E-state index contributed by atoms with van der Waals surface area (Å²) in [4.78, 5) is 16.1. The average Bonchev–Trinajstić information content (AvgIpc) is 3.04. The van der Waals surface area contributed by atoms with Crippen LogP contribution in [0.3, 0.4) is 0 Å². The van der Waals surface area contributed by atoms with Gasteiger partial charge in [0.15, 0.2) is 0 Å². The molecule has 0 spiro atoms. The Hall–Kier alpha value is -2.40. The molecule has 116 valence electrons. The van der Waals surface area contributed by atoms with Crippen molar-refractivity contribution in [3.8, 4) is 0 Å². The van der Waals surface area contributed by atoms with Crippen molar-refractivity contribution in [2.24, 2.45) is 0 Å². The number of rotatable bonds is 5. The van der Waals surface area contributed by atoms with Crippen molar-refractivity contribution in [3.63, 3.8) is 0 Å². The predicted molar refractivity (Wildman–Crippen MR) is 94.2 cm³/mol. The van der Waals surface area contributed by atoms with Crippen molar-refractivity contribution in [2.45, 2.75) is 13.0 Å². The Morgan fingerprint density at radius 2 is 1.74 bits per heavy atom. The lowest BCUT2D eigenvalue weighted by molar-refractivity contribution is -0.115. The molecule has 0 atom stereocenters. The van der Waals surface area contributed by atoms with E-state index in [9.17, 15) is 4.79 Å². The van der Waals surface area contributed by atoms with Gasteiger partial charge in [0.25, 0.3) is 0 Å². The van der Waals surface area contributed by atoms with E-state index in [1.165, 1.54) is 0 Å². The molecule has 4 nitrogen and oxygen atoms in total. The lowest BCUT2D eigenvalue weighted by Gasteiger charge is -2.07. The number of amides is 1. The lowest BCUT2D eigenvalue weighted by atomic mass is 10.1. The quantitative estimate of drug-likeness (QED) is 0.741. The number of aromatic nitrogens is 2. The van der Waals surface area contributed by atoms with E-state index in [0.29, 0.717) is 6.42 Å². The number of hydrogen-bond donors (Lipinski definition) is 1. The number of benzene rings is 2. The van der Waals surface area contributed by atoms with Crippen molar-refractivity contribution >= 4 is 27.5 Å². The number of anilines is 1. The summed E-state index contributed by atoms with van der Waals surface area (Å²) in [6.45, 7) is 0.771. The number of imidazole rings is 1. The third-order valence-electron chi connectivity index (χ3n) is 3.44. The van der Waals surface area contributed by atoms with Crippen LogP contribution in [-0.2, 0) is 17.8 Å². The summed E-state index contributed by atoms with van der Waals surface area (Å²) in [5.41, 5.74) is 2.96. The fourth-order valence-electron chi connectivity index (χ4n) is 2.28. The zero-order chi connectivity index (χ0) is 16.1. The fraction of sp³-hybridized carbons (Fsp3) is 0.111. The molecule has 2 aromatic carbocycles. The second-order valence-electron chi connectivity index (χ2n) is 5.28. The highest BCUT2D eigenvalue weighted by atomic mass is 79.9. The van der Waals surface area contributed by atoms with Crippen LogP contribution < -0.4 is 5.32 Å². The molecular weight excluding hydrogens is 354 g/mol. The molecular formula is C18H16BrN3O. The maximum Gasteiger partial charge on any atom is 0.228 e. The van der Waals surface area contributed by atoms with Gasteiger partial charge in [0.2, 0.25) is 5.91 Å². The van der Waals surface area contributed by atoms with Gasteiger partial charge < -0.3 is 9.88 Å². The van der Waals surface area contributed by atoms with Crippen LogP contribution in [0.25, 0.3) is 0 Å². The van der Waals surface area contributed by atoms with Crippen molar-refractivity contribution in [1.29, 1.82) is 0 Å². The summed E-state index contributed by atoms with van der Waals surface area (Å²) in [5, 5.41) is 2.92. The summed E-state index contributed by atoms with van der Waals surface area (Å²) >= 11 is 3.39. The third-order valence-corrected chi connectivity index (χ3v) is 3.97. The normalized spacial score (nSPS) is 10.5. The van der Waals surface area contributed by atoms with Gasteiger partial charge in [-0.1, -0.05) is 40.2 Å². The van der Waals surface area contributed by atoms with Crippen LogP contribution in [0.1, 0.15) is 11.1 Å². The van der Waals surface area contributed by atoms with Crippen molar-refractivity contribution in [2.75, 3.05) is 5.32 Å². The molecule has 1 aromatic heterocycles. The van der Waals surface area contributed by atoms with E-state index in [2.05, 4.69) is 26.2 Å². The Bertz CT molecular complexity index is 765. The molecule has 1 heterocycles. The number of hydrogen-bond acceptors (Lipinski definition) is 2. The number of halogens is 1. The standard InChI is InChI=1S/C18H16BrN3O/c19-16-5-1-14(2-6-16)11-18(23)21-17-7-3-15(4-8-17)12-22-10-9-20-13-22/h1-10,13H,11-12H2,(H,21,23). The van der Waals surface area contributed by atoms with Gasteiger partial charge in [-0.3, -0.25) is 4.79 Å². The molecule has 0 saturated carbocycles. The monoisotopic (exact) mass is 369 g/mol. The van der Waals surface area contributed by atoms with Gasteiger partial charge in [0, 0.05) is 29.1 Å². The second kappa shape index (κ2) is 7.24. The summed E-state index contributed by atoms with van der Waals surface area (Å²) in [7, 11) is 0. The SMILES string of the molecule is O=C(Cc1ccc(Br)cc1)Nc1ccc(Cn2ccnc2)cc1. The fourth-order valence-corrected chi connectivity index (χ4v) is 2.54. The first-order chi connectivity index (χ1) is 11.2. The van der Waals surface area contributed by atoms with Crippen LogP contribution in [0, 0.1) is 0 Å². The van der Waals surface area contributed by atoms with Crippen LogP contribution in [0.4, 0.5) is 5.69 Å². The van der Waals surface area contributed by atoms with Gasteiger partial charge in [-0.05, 0) is 35.4 Å². The van der Waals surface area contributed by atoms with Crippen molar-refractivity contribution in [3.05, 3.63) is 82.9 Å². The first-order valence-electron chi connectivity index (χ1n) is 7.28. The van der Waals surface area contributed by atoms with Crippen LogP contribution in [0.5, 0.6) is 0 Å². The number of carbonyl (C=O) groups is 1. The molecule has 1 amide bonds. The second-order valence-corrected chi connectivity index (χ2v) is 6.20. The van der Waals surface area contributed by atoms with Gasteiger partial charge >= 0.3 is 0 Å². The van der Waals surface area contributed by atoms with E-state index in [1.807, 2.05) is 59.3 Å². The Balaban J connectivity index is 1.57. The highest BCUT2D eigenvalue weighted by Crippen LogP contribution is 2.13. The van der Waals surface area contributed by atoms with E-state index >= 15 is 0 Å². The van der Waals surface area contributed by atoms with Gasteiger partial charge in [0.1, 0.15) is 0 Å². The molecule has 23 heavy (non-hydrogen) atoms. The van der Waals surface area contributed by atoms with E-state index in [0.717, 1.165) is 27.8 Å². The highest BCUT2D eigenvalue weighted by molar-refractivity contribution is 9.10.